The van der Waals surface area contributed by atoms with E-state index in [0.717, 1.165) is 0 Å². The van der Waals surface area contributed by atoms with Crippen LogP contribution in [0, 0.1) is 5.92 Å². The lowest BCUT2D eigenvalue weighted by molar-refractivity contribution is -0.166. The smallest absolute Gasteiger partial charge is 0.334 e. The number of hydrogen-bond acceptors (Lipinski definition) is 6. The minimum atomic E-state index is -1.14. The SMILES string of the molecule is C=C(C(=O)OCC)C(CC(=O)OC(C)(C)C)C(=O)OC(C)(C)C. The summed E-state index contributed by atoms with van der Waals surface area (Å²) >= 11 is 0. The highest BCUT2D eigenvalue weighted by Gasteiger charge is 2.34. The first-order valence-electron chi connectivity index (χ1n) is 7.57. The van der Waals surface area contributed by atoms with Gasteiger partial charge in [-0.3, -0.25) is 9.59 Å². The highest BCUT2D eigenvalue weighted by Crippen LogP contribution is 2.22. The molecule has 23 heavy (non-hydrogen) atoms. The molecule has 0 saturated heterocycles. The lowest BCUT2D eigenvalue weighted by atomic mass is 9.96. The molecule has 6 heteroatoms. The molecule has 0 aliphatic rings. The Morgan fingerprint density at radius 3 is 1.83 bits per heavy atom. The molecule has 0 radical (unpaired) electrons. The van der Waals surface area contributed by atoms with Gasteiger partial charge in [0.05, 0.1) is 18.9 Å². The van der Waals surface area contributed by atoms with Gasteiger partial charge in [-0.25, -0.2) is 4.79 Å². The summed E-state index contributed by atoms with van der Waals surface area (Å²) < 4.78 is 15.3. The van der Waals surface area contributed by atoms with Crippen molar-refractivity contribution >= 4 is 17.9 Å². The first-order valence-corrected chi connectivity index (χ1v) is 7.57. The lowest BCUT2D eigenvalue weighted by Gasteiger charge is -2.25. The Bertz CT molecular complexity index is 464. The summed E-state index contributed by atoms with van der Waals surface area (Å²) in [5.41, 5.74) is -1.56. The van der Waals surface area contributed by atoms with Crippen LogP contribution in [0.1, 0.15) is 54.9 Å². The second-order valence-electron chi connectivity index (χ2n) is 7.12. The molecule has 0 heterocycles. The van der Waals surface area contributed by atoms with E-state index in [-0.39, 0.29) is 18.6 Å². The molecule has 0 aliphatic heterocycles. The fraction of sp³-hybridized carbons (Fsp3) is 0.706. The van der Waals surface area contributed by atoms with Crippen molar-refractivity contribution < 1.29 is 28.6 Å². The van der Waals surface area contributed by atoms with Gasteiger partial charge in [0.25, 0.3) is 0 Å². The molecule has 0 N–H and O–H groups in total. The Balaban J connectivity index is 5.22. The van der Waals surface area contributed by atoms with Crippen LogP contribution < -0.4 is 0 Å². The topological polar surface area (TPSA) is 78.9 Å². The van der Waals surface area contributed by atoms with Crippen LogP contribution in [0.3, 0.4) is 0 Å². The molecule has 132 valence electrons. The molecular formula is C17H28O6. The fourth-order valence-electron chi connectivity index (χ4n) is 1.64. The molecule has 1 atom stereocenters. The van der Waals surface area contributed by atoms with Gasteiger partial charge in [0.1, 0.15) is 11.2 Å². The van der Waals surface area contributed by atoms with Gasteiger partial charge in [0.2, 0.25) is 0 Å². The molecule has 0 bridgehead atoms. The van der Waals surface area contributed by atoms with Gasteiger partial charge < -0.3 is 14.2 Å². The van der Waals surface area contributed by atoms with Crippen LogP contribution in [0.2, 0.25) is 0 Å². The Morgan fingerprint density at radius 2 is 1.43 bits per heavy atom. The van der Waals surface area contributed by atoms with E-state index >= 15 is 0 Å². The zero-order valence-corrected chi connectivity index (χ0v) is 15.1. The van der Waals surface area contributed by atoms with E-state index in [2.05, 4.69) is 6.58 Å². The van der Waals surface area contributed by atoms with E-state index < -0.39 is 35.0 Å². The van der Waals surface area contributed by atoms with Crippen LogP contribution in [-0.2, 0) is 28.6 Å². The van der Waals surface area contributed by atoms with Crippen molar-refractivity contribution in [2.45, 2.75) is 66.1 Å². The highest BCUT2D eigenvalue weighted by molar-refractivity contribution is 5.96. The van der Waals surface area contributed by atoms with E-state index in [1.54, 1.807) is 48.5 Å². The second kappa shape index (κ2) is 8.13. The van der Waals surface area contributed by atoms with Crippen molar-refractivity contribution in [2.24, 2.45) is 5.92 Å². The summed E-state index contributed by atoms with van der Waals surface area (Å²) in [5.74, 6) is -3.18. The zero-order chi connectivity index (χ0) is 18.4. The highest BCUT2D eigenvalue weighted by atomic mass is 16.6. The van der Waals surface area contributed by atoms with Crippen LogP contribution in [0.25, 0.3) is 0 Å². The average molecular weight is 328 g/mol. The van der Waals surface area contributed by atoms with E-state index in [4.69, 9.17) is 14.2 Å². The molecule has 0 amide bonds. The number of carbonyl (C=O) groups excluding carboxylic acids is 3. The quantitative estimate of drug-likeness (QED) is 0.424. The van der Waals surface area contributed by atoms with Crippen molar-refractivity contribution in [3.63, 3.8) is 0 Å². The Kier molecular flexibility index (Phi) is 7.48. The summed E-state index contributed by atoms with van der Waals surface area (Å²) in [6.07, 6.45) is -0.330. The Hall–Kier alpha value is -1.85. The van der Waals surface area contributed by atoms with Crippen molar-refractivity contribution in [1.82, 2.24) is 0 Å². The van der Waals surface area contributed by atoms with Gasteiger partial charge in [0, 0.05) is 5.57 Å². The van der Waals surface area contributed by atoms with Crippen molar-refractivity contribution in [1.29, 1.82) is 0 Å². The summed E-state index contributed by atoms with van der Waals surface area (Å²) in [6.45, 7) is 15.6. The van der Waals surface area contributed by atoms with Crippen molar-refractivity contribution in [2.75, 3.05) is 6.61 Å². The van der Waals surface area contributed by atoms with E-state index in [1.165, 1.54) is 0 Å². The Labute approximate surface area is 138 Å². The number of carbonyl (C=O) groups is 3. The van der Waals surface area contributed by atoms with Crippen LogP contribution in [0.5, 0.6) is 0 Å². The maximum absolute atomic E-state index is 12.3. The monoisotopic (exact) mass is 328 g/mol. The third-order valence-electron chi connectivity index (χ3n) is 2.44. The molecule has 0 spiro atoms. The summed E-state index contributed by atoms with van der Waals surface area (Å²) in [7, 11) is 0. The molecule has 0 aromatic carbocycles. The summed E-state index contributed by atoms with van der Waals surface area (Å²) in [6, 6.07) is 0. The fourth-order valence-corrected chi connectivity index (χ4v) is 1.64. The zero-order valence-electron chi connectivity index (χ0n) is 15.1. The molecule has 0 aromatic heterocycles. The van der Waals surface area contributed by atoms with Crippen LogP contribution in [0.15, 0.2) is 12.2 Å². The van der Waals surface area contributed by atoms with Gasteiger partial charge in [-0.05, 0) is 48.5 Å². The van der Waals surface area contributed by atoms with Crippen LogP contribution >= 0.6 is 0 Å². The molecule has 0 fully saturated rings. The minimum absolute atomic E-state index is 0.119. The predicted octanol–water partition coefficient (Wildman–Crippen LogP) is 2.80. The van der Waals surface area contributed by atoms with Gasteiger partial charge >= 0.3 is 17.9 Å². The van der Waals surface area contributed by atoms with Crippen LogP contribution in [-0.4, -0.2) is 35.7 Å². The molecule has 1 unspecified atom stereocenters. The lowest BCUT2D eigenvalue weighted by Crippen LogP contribution is -2.34. The average Bonchev–Trinajstić information content (AvgIpc) is 2.30. The number of rotatable bonds is 6. The maximum Gasteiger partial charge on any atom is 0.334 e. The van der Waals surface area contributed by atoms with Gasteiger partial charge in [0.15, 0.2) is 0 Å². The first-order chi connectivity index (χ1) is 10.3. The number of ether oxygens (including phenoxy) is 3. The summed E-state index contributed by atoms with van der Waals surface area (Å²) in [4.78, 5) is 36.2. The third-order valence-corrected chi connectivity index (χ3v) is 2.44. The second-order valence-corrected chi connectivity index (χ2v) is 7.12. The molecular weight excluding hydrogens is 300 g/mol. The Morgan fingerprint density at radius 1 is 0.957 bits per heavy atom. The molecule has 0 rings (SSSR count). The van der Waals surface area contributed by atoms with Gasteiger partial charge in [-0.15, -0.1) is 0 Å². The maximum atomic E-state index is 12.3. The number of esters is 3. The van der Waals surface area contributed by atoms with Crippen molar-refractivity contribution in [3.8, 4) is 0 Å². The van der Waals surface area contributed by atoms with Gasteiger partial charge in [-0.2, -0.15) is 0 Å². The number of hydrogen-bond donors (Lipinski definition) is 0. The molecule has 0 saturated carbocycles. The van der Waals surface area contributed by atoms with E-state index in [0.29, 0.717) is 0 Å². The van der Waals surface area contributed by atoms with E-state index in [9.17, 15) is 14.4 Å². The third kappa shape index (κ3) is 9.01. The first kappa shape index (κ1) is 21.1. The van der Waals surface area contributed by atoms with Gasteiger partial charge in [-0.1, -0.05) is 6.58 Å². The standard InChI is InChI=1S/C17H28O6/c1-9-21-14(19)11(2)12(15(20)23-17(6,7)8)10-13(18)22-16(3,4)5/h12H,2,9-10H2,1,3-8H3. The van der Waals surface area contributed by atoms with Crippen molar-refractivity contribution in [3.05, 3.63) is 12.2 Å². The van der Waals surface area contributed by atoms with E-state index in [1.807, 2.05) is 0 Å². The minimum Gasteiger partial charge on any atom is -0.463 e. The summed E-state index contributed by atoms with van der Waals surface area (Å²) in [5, 5.41) is 0. The normalized spacial score (nSPS) is 13.0. The molecule has 0 aromatic rings. The largest absolute Gasteiger partial charge is 0.463 e. The molecule has 0 aliphatic carbocycles. The predicted molar refractivity (Wildman–Crippen MR) is 85.6 cm³/mol. The van der Waals surface area contributed by atoms with Crippen LogP contribution in [0.4, 0.5) is 0 Å². The molecule has 6 nitrogen and oxygen atoms in total.